The Labute approximate surface area is 187 Å². The predicted octanol–water partition coefficient (Wildman–Crippen LogP) is 8.66. The van der Waals surface area contributed by atoms with Gasteiger partial charge >= 0.3 is 0 Å². The molecule has 0 spiro atoms. The van der Waals surface area contributed by atoms with Gasteiger partial charge in [-0.3, -0.25) is 0 Å². The Morgan fingerprint density at radius 3 is 2.40 bits per heavy atom. The topological polar surface area (TPSA) is 0 Å². The fourth-order valence-corrected chi connectivity index (χ4v) is 12.0. The van der Waals surface area contributed by atoms with Crippen LogP contribution in [-0.2, 0) is 0 Å². The van der Waals surface area contributed by atoms with E-state index in [9.17, 15) is 0 Å². The minimum Gasteiger partial charge on any atom is -0.0996 e. The summed E-state index contributed by atoms with van der Waals surface area (Å²) in [5, 5.41) is 0. The van der Waals surface area contributed by atoms with Gasteiger partial charge in [-0.2, -0.15) is 0 Å². The highest BCUT2D eigenvalue weighted by atomic mass is 14.8. The van der Waals surface area contributed by atoms with Crippen molar-refractivity contribution in [1.29, 1.82) is 0 Å². The number of rotatable bonds is 1. The molecule has 168 valence electrons. The zero-order valence-corrected chi connectivity index (χ0v) is 20.7. The van der Waals surface area contributed by atoms with E-state index < -0.39 is 0 Å². The standard InChI is InChI=1S/C30H48/c1-7-30-14-10-21-19(2)17-20-18-24-22-9-8-12-27(3,4)23(22)11-13-28(24,5)29(6,15-16-30)25(20)26(21)30/h20-26H,2,7-18H2,1,3-6H3. The van der Waals surface area contributed by atoms with Crippen molar-refractivity contribution in [3.63, 3.8) is 0 Å². The first-order chi connectivity index (χ1) is 14.2. The summed E-state index contributed by atoms with van der Waals surface area (Å²) in [6.07, 6.45) is 18.0. The average molecular weight is 409 g/mol. The Bertz CT molecular complexity index is 745. The minimum atomic E-state index is 0.582. The second-order valence-corrected chi connectivity index (χ2v) is 14.4. The van der Waals surface area contributed by atoms with Crippen molar-refractivity contribution >= 4 is 0 Å². The fourth-order valence-electron chi connectivity index (χ4n) is 12.0. The Kier molecular flexibility index (Phi) is 4.20. The van der Waals surface area contributed by atoms with E-state index in [1.54, 1.807) is 12.0 Å². The van der Waals surface area contributed by atoms with E-state index in [0.29, 0.717) is 21.7 Å². The Morgan fingerprint density at radius 1 is 0.833 bits per heavy atom. The lowest BCUT2D eigenvalue weighted by atomic mass is 9.32. The van der Waals surface area contributed by atoms with Gasteiger partial charge in [0, 0.05) is 0 Å². The molecule has 0 aromatic carbocycles. The highest BCUT2D eigenvalue weighted by molar-refractivity contribution is 5.25. The van der Waals surface area contributed by atoms with E-state index in [4.69, 9.17) is 6.58 Å². The lowest BCUT2D eigenvalue weighted by molar-refractivity contribution is -0.235. The highest BCUT2D eigenvalue weighted by Gasteiger charge is 2.71. The Balaban J connectivity index is 1.44. The maximum Gasteiger partial charge on any atom is -0.0169 e. The van der Waals surface area contributed by atoms with Crippen LogP contribution < -0.4 is 0 Å². The zero-order chi connectivity index (χ0) is 21.1. The lowest BCUT2D eigenvalue weighted by Gasteiger charge is -2.73. The van der Waals surface area contributed by atoms with Crippen LogP contribution in [0.4, 0.5) is 0 Å². The van der Waals surface area contributed by atoms with Crippen molar-refractivity contribution in [1.82, 2.24) is 0 Å². The molecule has 0 aromatic rings. The third-order valence-corrected chi connectivity index (χ3v) is 13.7. The quantitative estimate of drug-likeness (QED) is 0.381. The molecule has 6 rings (SSSR count). The van der Waals surface area contributed by atoms with Gasteiger partial charge in [-0.15, -0.1) is 0 Å². The summed E-state index contributed by atoms with van der Waals surface area (Å²) in [7, 11) is 0. The summed E-state index contributed by atoms with van der Waals surface area (Å²) < 4.78 is 0. The molecule has 0 heteroatoms. The molecule has 0 heterocycles. The van der Waals surface area contributed by atoms with E-state index in [1.807, 2.05) is 0 Å². The van der Waals surface area contributed by atoms with Crippen molar-refractivity contribution in [2.24, 2.45) is 63.1 Å². The van der Waals surface area contributed by atoms with Crippen molar-refractivity contribution < 1.29 is 0 Å². The van der Waals surface area contributed by atoms with Crippen LogP contribution in [0.3, 0.4) is 0 Å². The summed E-state index contributed by atoms with van der Waals surface area (Å²) in [5.41, 5.74) is 4.11. The molecule has 6 saturated carbocycles. The molecule has 0 saturated heterocycles. The normalized spacial score (nSPS) is 58.6. The van der Waals surface area contributed by atoms with Gasteiger partial charge in [0.1, 0.15) is 0 Å². The molecular weight excluding hydrogens is 360 g/mol. The van der Waals surface area contributed by atoms with E-state index in [1.165, 1.54) is 70.6 Å². The highest BCUT2D eigenvalue weighted by Crippen LogP contribution is 2.78. The largest absolute Gasteiger partial charge is 0.0996 e. The Morgan fingerprint density at radius 2 is 1.63 bits per heavy atom. The fraction of sp³-hybridized carbons (Fsp3) is 0.933. The SMILES string of the molecule is C=C1CC2CC3C4CCCC(C)(C)C4CCC3(C)C3(C)CCC4(CC)CCC1C4C23. The van der Waals surface area contributed by atoms with Gasteiger partial charge in [0.15, 0.2) is 0 Å². The van der Waals surface area contributed by atoms with Gasteiger partial charge in [0.05, 0.1) is 0 Å². The molecule has 0 nitrogen and oxygen atoms in total. The second kappa shape index (κ2) is 6.20. The van der Waals surface area contributed by atoms with Crippen LogP contribution in [0.2, 0.25) is 0 Å². The summed E-state index contributed by atoms with van der Waals surface area (Å²) >= 11 is 0. The summed E-state index contributed by atoms with van der Waals surface area (Å²) in [4.78, 5) is 0. The second-order valence-electron chi connectivity index (χ2n) is 14.4. The van der Waals surface area contributed by atoms with Crippen LogP contribution in [0.5, 0.6) is 0 Å². The molecule has 10 unspecified atom stereocenters. The van der Waals surface area contributed by atoms with E-state index >= 15 is 0 Å². The van der Waals surface area contributed by atoms with Crippen LogP contribution in [0.25, 0.3) is 0 Å². The van der Waals surface area contributed by atoms with Crippen molar-refractivity contribution in [2.45, 2.75) is 112 Å². The first-order valence-corrected chi connectivity index (χ1v) is 13.8. The van der Waals surface area contributed by atoms with Crippen LogP contribution in [0.1, 0.15) is 112 Å². The maximum atomic E-state index is 4.75. The molecular formula is C30H48. The molecule has 6 aliphatic carbocycles. The van der Waals surface area contributed by atoms with Gasteiger partial charge in [-0.25, -0.2) is 0 Å². The monoisotopic (exact) mass is 408 g/mol. The number of fused-ring (bicyclic) bond motifs is 4. The zero-order valence-electron chi connectivity index (χ0n) is 20.7. The molecule has 0 N–H and O–H groups in total. The third kappa shape index (κ3) is 2.26. The molecule has 0 aromatic heterocycles. The van der Waals surface area contributed by atoms with Crippen LogP contribution in [-0.4, -0.2) is 0 Å². The lowest BCUT2D eigenvalue weighted by Crippen LogP contribution is -2.66. The van der Waals surface area contributed by atoms with Gasteiger partial charge in [-0.05, 0) is 127 Å². The smallest absolute Gasteiger partial charge is 0.0169 e. The molecule has 0 bridgehead atoms. The number of hydrogen-bond acceptors (Lipinski definition) is 0. The third-order valence-electron chi connectivity index (χ3n) is 13.7. The molecule has 10 atom stereocenters. The molecule has 0 radical (unpaired) electrons. The van der Waals surface area contributed by atoms with E-state index in [2.05, 4.69) is 34.6 Å². The first-order valence-electron chi connectivity index (χ1n) is 13.8. The van der Waals surface area contributed by atoms with Gasteiger partial charge in [0.2, 0.25) is 0 Å². The summed E-state index contributed by atoms with van der Waals surface area (Å²) in [6, 6.07) is 0. The van der Waals surface area contributed by atoms with Crippen LogP contribution in [0, 0.1) is 63.1 Å². The van der Waals surface area contributed by atoms with Crippen LogP contribution >= 0.6 is 0 Å². The van der Waals surface area contributed by atoms with Gasteiger partial charge in [0.25, 0.3) is 0 Å². The maximum absolute atomic E-state index is 4.75. The molecule has 30 heavy (non-hydrogen) atoms. The molecule has 0 aliphatic heterocycles. The van der Waals surface area contributed by atoms with Gasteiger partial charge < -0.3 is 0 Å². The first kappa shape index (κ1) is 20.4. The average Bonchev–Trinajstić information content (AvgIpc) is 3.09. The van der Waals surface area contributed by atoms with Gasteiger partial charge in [-0.1, -0.05) is 59.6 Å². The number of hydrogen-bond donors (Lipinski definition) is 0. The Hall–Kier alpha value is -0.260. The molecule has 0 amide bonds. The van der Waals surface area contributed by atoms with Crippen molar-refractivity contribution in [3.05, 3.63) is 12.2 Å². The van der Waals surface area contributed by atoms with E-state index in [-0.39, 0.29) is 0 Å². The van der Waals surface area contributed by atoms with Crippen molar-refractivity contribution in [2.75, 3.05) is 0 Å². The number of allylic oxidation sites excluding steroid dienone is 1. The predicted molar refractivity (Wildman–Crippen MR) is 127 cm³/mol. The van der Waals surface area contributed by atoms with E-state index in [0.717, 1.165) is 41.4 Å². The minimum absolute atomic E-state index is 0.582. The molecule has 6 aliphatic rings. The molecule has 6 fully saturated rings. The van der Waals surface area contributed by atoms with Crippen LogP contribution in [0.15, 0.2) is 12.2 Å². The summed E-state index contributed by atoms with van der Waals surface area (Å²) in [5.74, 6) is 6.80. The summed E-state index contributed by atoms with van der Waals surface area (Å²) in [6.45, 7) is 18.1. The van der Waals surface area contributed by atoms with Crippen molar-refractivity contribution in [3.8, 4) is 0 Å².